The zero-order valence-corrected chi connectivity index (χ0v) is 16.8. The fourth-order valence-corrected chi connectivity index (χ4v) is 2.47. The summed E-state index contributed by atoms with van der Waals surface area (Å²) in [7, 11) is 1.33. The molecule has 28 heavy (non-hydrogen) atoms. The standard InChI is InChI=1S/C20H30N2O6/c1-4-27-18(23)8-6-12-21-16-11-10-15(20(25)26-3)14-17(16)22-13-7-9-19(24)28-5-2/h10-11,14,21-22H,4-9,12-13H2,1-3H3. The molecular weight excluding hydrogens is 364 g/mol. The van der Waals surface area contributed by atoms with E-state index in [9.17, 15) is 14.4 Å². The van der Waals surface area contributed by atoms with Crippen LogP contribution in [0.25, 0.3) is 0 Å². The molecule has 0 amide bonds. The Bertz CT molecular complexity index is 648. The quantitative estimate of drug-likeness (QED) is 0.299. The first-order valence-corrected chi connectivity index (χ1v) is 9.53. The van der Waals surface area contributed by atoms with Crippen LogP contribution in [0.4, 0.5) is 11.4 Å². The number of hydrogen-bond donors (Lipinski definition) is 2. The van der Waals surface area contributed by atoms with Gasteiger partial charge in [0.15, 0.2) is 0 Å². The van der Waals surface area contributed by atoms with Gasteiger partial charge >= 0.3 is 17.9 Å². The predicted octanol–water partition coefficient (Wildman–Crippen LogP) is 2.98. The number of rotatable bonds is 13. The van der Waals surface area contributed by atoms with Crippen molar-refractivity contribution in [3.63, 3.8) is 0 Å². The number of hydrogen-bond acceptors (Lipinski definition) is 8. The van der Waals surface area contributed by atoms with Crippen molar-refractivity contribution in [3.05, 3.63) is 23.8 Å². The molecule has 8 nitrogen and oxygen atoms in total. The second-order valence-corrected chi connectivity index (χ2v) is 5.92. The molecule has 0 heterocycles. The number of ether oxygens (including phenoxy) is 3. The largest absolute Gasteiger partial charge is 0.466 e. The van der Waals surface area contributed by atoms with E-state index in [0.717, 1.165) is 11.4 Å². The summed E-state index contributed by atoms with van der Waals surface area (Å²) in [4.78, 5) is 34.6. The molecule has 0 saturated heterocycles. The molecule has 0 bridgehead atoms. The monoisotopic (exact) mass is 394 g/mol. The molecule has 0 spiro atoms. The predicted molar refractivity (Wildman–Crippen MR) is 106 cm³/mol. The van der Waals surface area contributed by atoms with Crippen molar-refractivity contribution >= 4 is 29.3 Å². The molecule has 0 aromatic heterocycles. The molecule has 0 fully saturated rings. The second-order valence-electron chi connectivity index (χ2n) is 5.92. The molecule has 0 saturated carbocycles. The van der Waals surface area contributed by atoms with Crippen molar-refractivity contribution in [2.24, 2.45) is 0 Å². The molecule has 0 unspecified atom stereocenters. The minimum atomic E-state index is -0.427. The van der Waals surface area contributed by atoms with Crippen molar-refractivity contribution in [1.82, 2.24) is 0 Å². The maximum Gasteiger partial charge on any atom is 0.337 e. The van der Waals surface area contributed by atoms with Crippen LogP contribution < -0.4 is 10.6 Å². The summed E-state index contributed by atoms with van der Waals surface area (Å²) < 4.78 is 14.6. The van der Waals surface area contributed by atoms with Gasteiger partial charge in [-0.1, -0.05) is 0 Å². The number of nitrogens with one attached hydrogen (secondary N) is 2. The average molecular weight is 394 g/mol. The van der Waals surface area contributed by atoms with Crippen LogP contribution in [0.15, 0.2) is 18.2 Å². The Morgan fingerprint density at radius 2 is 1.39 bits per heavy atom. The molecule has 156 valence electrons. The van der Waals surface area contributed by atoms with Gasteiger partial charge in [-0.05, 0) is 44.9 Å². The molecule has 1 rings (SSSR count). The van der Waals surface area contributed by atoms with Gasteiger partial charge in [-0.25, -0.2) is 4.79 Å². The van der Waals surface area contributed by atoms with Gasteiger partial charge < -0.3 is 24.8 Å². The van der Waals surface area contributed by atoms with Crippen molar-refractivity contribution in [3.8, 4) is 0 Å². The van der Waals surface area contributed by atoms with Gasteiger partial charge in [-0.15, -0.1) is 0 Å². The molecule has 0 aliphatic rings. The lowest BCUT2D eigenvalue weighted by atomic mass is 10.1. The Morgan fingerprint density at radius 3 is 1.89 bits per heavy atom. The molecular formula is C20H30N2O6. The van der Waals surface area contributed by atoms with Gasteiger partial charge in [0.05, 0.1) is 37.3 Å². The van der Waals surface area contributed by atoms with Crippen molar-refractivity contribution < 1.29 is 28.6 Å². The number of anilines is 2. The van der Waals surface area contributed by atoms with Crippen molar-refractivity contribution in [2.45, 2.75) is 39.5 Å². The third-order valence-electron chi connectivity index (χ3n) is 3.80. The maximum atomic E-state index is 11.8. The number of carbonyl (C=O) groups excluding carboxylic acids is 3. The lowest BCUT2D eigenvalue weighted by Crippen LogP contribution is -2.12. The minimum Gasteiger partial charge on any atom is -0.466 e. The van der Waals surface area contributed by atoms with Crippen molar-refractivity contribution in [1.29, 1.82) is 0 Å². The van der Waals surface area contributed by atoms with Crippen LogP contribution in [0, 0.1) is 0 Å². The molecule has 1 aromatic carbocycles. The molecule has 1 aromatic rings. The maximum absolute atomic E-state index is 11.8. The smallest absolute Gasteiger partial charge is 0.337 e. The molecule has 0 aliphatic heterocycles. The summed E-state index contributed by atoms with van der Waals surface area (Å²) in [5, 5.41) is 6.48. The molecule has 0 atom stereocenters. The Balaban J connectivity index is 2.64. The Morgan fingerprint density at radius 1 is 0.857 bits per heavy atom. The highest BCUT2D eigenvalue weighted by Crippen LogP contribution is 2.24. The van der Waals surface area contributed by atoms with Gasteiger partial charge in [-0.2, -0.15) is 0 Å². The minimum absolute atomic E-state index is 0.220. The lowest BCUT2D eigenvalue weighted by Gasteiger charge is -2.15. The van der Waals surface area contributed by atoms with Gasteiger partial charge in [0, 0.05) is 25.9 Å². The fraction of sp³-hybridized carbons (Fsp3) is 0.550. The van der Waals surface area contributed by atoms with Crippen LogP contribution in [0.2, 0.25) is 0 Å². The Labute approximate surface area is 165 Å². The first-order valence-electron chi connectivity index (χ1n) is 9.53. The van der Waals surface area contributed by atoms with Gasteiger partial charge in [0.1, 0.15) is 0 Å². The first-order chi connectivity index (χ1) is 13.5. The molecule has 2 N–H and O–H groups in total. The van der Waals surface area contributed by atoms with E-state index in [1.807, 2.05) is 0 Å². The van der Waals surface area contributed by atoms with E-state index in [1.165, 1.54) is 7.11 Å². The van der Waals surface area contributed by atoms with Crippen molar-refractivity contribution in [2.75, 3.05) is 44.0 Å². The third-order valence-corrected chi connectivity index (χ3v) is 3.80. The van der Waals surface area contributed by atoms with E-state index in [1.54, 1.807) is 32.0 Å². The zero-order chi connectivity index (χ0) is 20.8. The van der Waals surface area contributed by atoms with E-state index in [-0.39, 0.29) is 11.9 Å². The Hall–Kier alpha value is -2.77. The highest BCUT2D eigenvalue weighted by molar-refractivity contribution is 5.92. The molecule has 0 aliphatic carbocycles. The summed E-state index contributed by atoms with van der Waals surface area (Å²) in [6, 6.07) is 5.15. The van der Waals surface area contributed by atoms with E-state index >= 15 is 0 Å². The highest BCUT2D eigenvalue weighted by atomic mass is 16.5. The number of benzene rings is 1. The van der Waals surface area contributed by atoms with Crippen LogP contribution >= 0.6 is 0 Å². The highest BCUT2D eigenvalue weighted by Gasteiger charge is 2.10. The van der Waals surface area contributed by atoms with Gasteiger partial charge in [0.2, 0.25) is 0 Å². The van der Waals surface area contributed by atoms with E-state index in [4.69, 9.17) is 14.2 Å². The number of carbonyl (C=O) groups is 3. The summed E-state index contributed by atoms with van der Waals surface area (Å²) in [5.41, 5.74) is 1.95. The van der Waals surface area contributed by atoms with E-state index < -0.39 is 5.97 Å². The fourth-order valence-electron chi connectivity index (χ4n) is 2.47. The summed E-state index contributed by atoms with van der Waals surface area (Å²) in [6.45, 7) is 5.41. The zero-order valence-electron chi connectivity index (χ0n) is 16.8. The number of esters is 3. The van der Waals surface area contributed by atoms with Crippen LogP contribution in [-0.4, -0.2) is 51.3 Å². The van der Waals surface area contributed by atoms with E-state index in [2.05, 4.69) is 10.6 Å². The van der Waals surface area contributed by atoms with Crippen LogP contribution in [-0.2, 0) is 23.8 Å². The van der Waals surface area contributed by atoms with Crippen LogP contribution in [0.3, 0.4) is 0 Å². The second kappa shape index (κ2) is 13.4. The van der Waals surface area contributed by atoms with Gasteiger partial charge in [-0.3, -0.25) is 9.59 Å². The first kappa shape index (κ1) is 23.3. The number of methoxy groups -OCH3 is 1. The summed E-state index contributed by atoms with van der Waals surface area (Å²) in [6.07, 6.45) is 1.88. The summed E-state index contributed by atoms with van der Waals surface area (Å²) >= 11 is 0. The van der Waals surface area contributed by atoms with E-state index in [0.29, 0.717) is 57.6 Å². The normalized spacial score (nSPS) is 10.1. The van der Waals surface area contributed by atoms with Crippen LogP contribution in [0.5, 0.6) is 0 Å². The summed E-state index contributed by atoms with van der Waals surface area (Å²) in [5.74, 6) is -0.879. The average Bonchev–Trinajstić information content (AvgIpc) is 2.69. The lowest BCUT2D eigenvalue weighted by molar-refractivity contribution is -0.144. The van der Waals surface area contributed by atoms with Crippen LogP contribution in [0.1, 0.15) is 49.9 Å². The van der Waals surface area contributed by atoms with Gasteiger partial charge in [0.25, 0.3) is 0 Å². The Kier molecular flexibility index (Phi) is 11.1. The molecule has 0 radical (unpaired) electrons. The third kappa shape index (κ3) is 8.75. The molecule has 8 heteroatoms. The SMILES string of the molecule is CCOC(=O)CCCNc1ccc(C(=O)OC)cc1NCCCC(=O)OCC. The topological polar surface area (TPSA) is 103 Å².